The molecule has 0 aromatic heterocycles. The second-order valence-electron chi connectivity index (χ2n) is 5.17. The second-order valence-corrected chi connectivity index (χ2v) is 9.05. The quantitative estimate of drug-likeness (QED) is 0.722. The van der Waals surface area contributed by atoms with Gasteiger partial charge in [0.1, 0.15) is 0 Å². The minimum Gasteiger partial charge on any atom is -0.389 e. The summed E-state index contributed by atoms with van der Waals surface area (Å²) in [5.74, 6) is 0. The molecule has 1 aliphatic rings. The molecule has 0 spiro atoms. The molecule has 1 N–H and O–H groups in total. The predicted octanol–water partition coefficient (Wildman–Crippen LogP) is 2.47. The Bertz CT molecular complexity index is 228. The summed E-state index contributed by atoms with van der Waals surface area (Å²) in [6.45, 7) is 6.62. The molecule has 2 nitrogen and oxygen atoms in total. The number of aliphatic hydroxyl groups excluding tert-OH is 1. The highest BCUT2D eigenvalue weighted by atomic mass is 32.3. The van der Waals surface area contributed by atoms with E-state index in [9.17, 15) is 5.11 Å². The summed E-state index contributed by atoms with van der Waals surface area (Å²) in [5.41, 5.74) is 0. The van der Waals surface area contributed by atoms with E-state index in [0.717, 1.165) is 0 Å². The van der Waals surface area contributed by atoms with Crippen molar-refractivity contribution in [1.29, 1.82) is 0 Å². The Morgan fingerprint density at radius 3 is 2.21 bits per heavy atom. The first-order valence-electron chi connectivity index (χ1n) is 5.00. The lowest BCUT2D eigenvalue weighted by Gasteiger charge is -2.45. The van der Waals surface area contributed by atoms with Crippen molar-refractivity contribution >= 4 is 10.3 Å². The third kappa shape index (κ3) is 2.75. The van der Waals surface area contributed by atoms with Crippen LogP contribution < -0.4 is 0 Å². The van der Waals surface area contributed by atoms with Crippen molar-refractivity contribution in [1.82, 2.24) is 0 Å². The van der Waals surface area contributed by atoms with Gasteiger partial charge < -0.3 is 9.29 Å². The summed E-state index contributed by atoms with van der Waals surface area (Å²) < 4.78 is 6.26. The molecular formula is C11H22O2S. The summed E-state index contributed by atoms with van der Waals surface area (Å²) >= 11 is 0. The molecule has 0 aromatic rings. The Morgan fingerprint density at radius 2 is 1.86 bits per heavy atom. The number of rotatable bonds is 2. The zero-order valence-electron chi connectivity index (χ0n) is 9.78. The summed E-state index contributed by atoms with van der Waals surface area (Å²) in [5, 5.41) is 9.34. The third-order valence-corrected chi connectivity index (χ3v) is 6.54. The van der Waals surface area contributed by atoms with Gasteiger partial charge in [0, 0.05) is 11.2 Å². The minimum atomic E-state index is -1.07. The van der Waals surface area contributed by atoms with E-state index >= 15 is 0 Å². The van der Waals surface area contributed by atoms with Gasteiger partial charge in [0.05, 0.1) is 12.2 Å². The first-order chi connectivity index (χ1) is 6.22. The fourth-order valence-electron chi connectivity index (χ4n) is 1.17. The summed E-state index contributed by atoms with van der Waals surface area (Å²) in [6, 6.07) is 0. The van der Waals surface area contributed by atoms with Gasteiger partial charge in [0.2, 0.25) is 0 Å². The molecule has 0 aliphatic heterocycles. The Hall–Kier alpha value is 0.01000. The zero-order chi connectivity index (χ0) is 11.0. The lowest BCUT2D eigenvalue weighted by atomic mass is 10.3. The Balaban J connectivity index is 2.56. The molecule has 0 aromatic carbocycles. The van der Waals surface area contributed by atoms with Crippen LogP contribution >= 0.6 is 10.3 Å². The van der Waals surface area contributed by atoms with Gasteiger partial charge in [-0.2, -0.15) is 0 Å². The highest BCUT2D eigenvalue weighted by molar-refractivity contribution is 8.29. The lowest BCUT2D eigenvalue weighted by molar-refractivity contribution is 0.174. The summed E-state index contributed by atoms with van der Waals surface area (Å²) in [4.78, 5) is 0. The highest BCUT2D eigenvalue weighted by Gasteiger charge is 2.32. The van der Waals surface area contributed by atoms with E-state index < -0.39 is 10.3 Å². The van der Waals surface area contributed by atoms with Crippen LogP contribution in [0.25, 0.3) is 0 Å². The molecule has 0 heterocycles. The molecule has 14 heavy (non-hydrogen) atoms. The van der Waals surface area contributed by atoms with Crippen LogP contribution in [-0.4, -0.2) is 34.6 Å². The first-order valence-corrected chi connectivity index (χ1v) is 7.37. The fourth-order valence-corrected chi connectivity index (χ4v) is 2.22. The predicted molar refractivity (Wildman–Crippen MR) is 63.8 cm³/mol. The van der Waals surface area contributed by atoms with E-state index in [1.807, 2.05) is 12.2 Å². The second kappa shape index (κ2) is 3.87. The normalized spacial score (nSPS) is 29.6. The van der Waals surface area contributed by atoms with E-state index in [1.165, 1.54) is 0 Å². The van der Waals surface area contributed by atoms with Crippen molar-refractivity contribution in [2.24, 2.45) is 0 Å². The molecule has 0 saturated carbocycles. The average Bonchev–Trinajstić information content (AvgIpc) is 2.31. The van der Waals surface area contributed by atoms with Crippen molar-refractivity contribution in [2.75, 3.05) is 12.5 Å². The zero-order valence-corrected chi connectivity index (χ0v) is 10.6. The van der Waals surface area contributed by atoms with Crippen LogP contribution in [0, 0.1) is 0 Å². The smallest absolute Gasteiger partial charge is 0.0910 e. The Kier molecular flexibility index (Phi) is 3.34. The number of hydrogen-bond donors (Lipinski definition) is 1. The van der Waals surface area contributed by atoms with Gasteiger partial charge >= 0.3 is 0 Å². The van der Waals surface area contributed by atoms with Crippen LogP contribution in [-0.2, 0) is 4.18 Å². The third-order valence-electron chi connectivity index (χ3n) is 2.86. The van der Waals surface area contributed by atoms with Gasteiger partial charge in [-0.05, 0) is 12.5 Å². The molecule has 1 rings (SSSR count). The minimum absolute atomic E-state index is 0.106. The molecule has 3 heteroatoms. The molecule has 84 valence electrons. The van der Waals surface area contributed by atoms with Crippen molar-refractivity contribution in [3.8, 4) is 0 Å². The van der Waals surface area contributed by atoms with Gasteiger partial charge in [-0.25, -0.2) is 0 Å². The van der Waals surface area contributed by atoms with E-state index in [1.54, 1.807) is 0 Å². The maximum absolute atomic E-state index is 9.34. The molecular weight excluding hydrogens is 196 g/mol. The maximum atomic E-state index is 9.34. The van der Waals surface area contributed by atoms with Gasteiger partial charge in [0.15, 0.2) is 0 Å². The van der Waals surface area contributed by atoms with Crippen LogP contribution in [0.3, 0.4) is 0 Å². The van der Waals surface area contributed by atoms with Gasteiger partial charge in [0.25, 0.3) is 0 Å². The largest absolute Gasteiger partial charge is 0.389 e. The van der Waals surface area contributed by atoms with Gasteiger partial charge in [-0.3, -0.25) is 0 Å². The fraction of sp³-hybridized carbons (Fsp3) is 0.818. The van der Waals surface area contributed by atoms with Crippen LogP contribution in [0.1, 0.15) is 27.2 Å². The van der Waals surface area contributed by atoms with Crippen LogP contribution in [0.2, 0.25) is 0 Å². The van der Waals surface area contributed by atoms with E-state index in [4.69, 9.17) is 4.18 Å². The standard InChI is InChI=1S/C11H22O2S/c1-11(2,3)14(4,5)13-10-7-6-9(12)8-10/h6-7,9-10,12H,8H2,1-5H3/t9-,10-/m1/s1. The molecule has 1 aliphatic carbocycles. The van der Waals surface area contributed by atoms with Crippen LogP contribution in [0.15, 0.2) is 12.2 Å². The Morgan fingerprint density at radius 1 is 1.29 bits per heavy atom. The van der Waals surface area contributed by atoms with Crippen molar-refractivity contribution in [3.05, 3.63) is 12.2 Å². The van der Waals surface area contributed by atoms with Gasteiger partial charge in [-0.1, -0.05) is 32.9 Å². The molecule has 2 atom stereocenters. The van der Waals surface area contributed by atoms with E-state index in [2.05, 4.69) is 33.3 Å². The van der Waals surface area contributed by atoms with Crippen LogP contribution in [0.4, 0.5) is 0 Å². The monoisotopic (exact) mass is 218 g/mol. The Labute approximate surface area is 88.9 Å². The number of hydrogen-bond acceptors (Lipinski definition) is 2. The molecule has 0 unspecified atom stereocenters. The summed E-state index contributed by atoms with van der Waals surface area (Å²) in [6.07, 6.45) is 8.68. The average molecular weight is 218 g/mol. The van der Waals surface area contributed by atoms with Crippen molar-refractivity contribution in [3.63, 3.8) is 0 Å². The SMILES string of the molecule is CC(C)(C)S(C)(C)O[C@@H]1C=C[C@@H](O)C1. The molecule has 0 bridgehead atoms. The van der Waals surface area contributed by atoms with Gasteiger partial charge in [-0.15, -0.1) is 10.3 Å². The van der Waals surface area contributed by atoms with E-state index in [0.29, 0.717) is 6.42 Å². The lowest BCUT2D eigenvalue weighted by Crippen LogP contribution is -2.28. The molecule has 0 saturated heterocycles. The van der Waals surface area contributed by atoms with Crippen molar-refractivity contribution in [2.45, 2.75) is 44.1 Å². The van der Waals surface area contributed by atoms with Crippen molar-refractivity contribution < 1.29 is 9.29 Å². The number of aliphatic hydroxyl groups is 1. The van der Waals surface area contributed by atoms with E-state index in [-0.39, 0.29) is 17.0 Å². The van der Waals surface area contributed by atoms with Crippen LogP contribution in [0.5, 0.6) is 0 Å². The topological polar surface area (TPSA) is 29.5 Å². The highest BCUT2D eigenvalue weighted by Crippen LogP contribution is 2.55. The first kappa shape index (κ1) is 12.1. The maximum Gasteiger partial charge on any atom is 0.0910 e. The molecule has 0 radical (unpaired) electrons. The molecule has 0 fully saturated rings. The molecule has 0 amide bonds. The summed E-state index contributed by atoms with van der Waals surface area (Å²) in [7, 11) is -1.07.